The Morgan fingerprint density at radius 1 is 0.964 bits per heavy atom. The average Bonchev–Trinajstić information content (AvgIpc) is 2.67. The van der Waals surface area contributed by atoms with Gasteiger partial charge in [0.25, 0.3) is 0 Å². The molecule has 0 aromatic heterocycles. The van der Waals surface area contributed by atoms with E-state index in [0.717, 1.165) is 25.2 Å². The molecule has 1 aromatic carbocycles. The van der Waals surface area contributed by atoms with Crippen LogP contribution in [-0.2, 0) is 32.8 Å². The highest BCUT2D eigenvalue weighted by atomic mass is 35.5. The molecule has 0 aliphatic carbocycles. The maximum Gasteiger partial charge on any atom is 0.764 e. The van der Waals surface area contributed by atoms with E-state index in [0.29, 0.717) is 19.6 Å². The summed E-state index contributed by atoms with van der Waals surface area (Å²) < 4.78 is 20.4. The van der Waals surface area contributed by atoms with Crippen molar-refractivity contribution < 1.29 is 32.8 Å². The Hall–Kier alpha value is -0.893. The number of rotatable bonds is 16. The van der Waals surface area contributed by atoms with Crippen LogP contribution in [0.2, 0.25) is 0 Å². The minimum atomic E-state index is -3.68. The third-order valence-corrected chi connectivity index (χ3v) is 5.04. The molecule has 0 saturated heterocycles. The van der Waals surface area contributed by atoms with Crippen LogP contribution in [0.4, 0.5) is 0 Å². The van der Waals surface area contributed by atoms with E-state index in [2.05, 4.69) is 43.8 Å². The lowest BCUT2D eigenvalue weighted by molar-refractivity contribution is -0.370. The van der Waals surface area contributed by atoms with E-state index < -0.39 is 9.05 Å². The fraction of sp³-hybridized carbons (Fsp3) is 0.529. The topological polar surface area (TPSA) is 93.9 Å². The average molecular weight is 439 g/mol. The molecule has 0 saturated carbocycles. The molecule has 0 unspecified atom stereocenters. The third kappa shape index (κ3) is 11.2. The molecule has 0 aliphatic heterocycles. The van der Waals surface area contributed by atoms with Gasteiger partial charge in [0, 0.05) is 32.8 Å². The van der Waals surface area contributed by atoms with Crippen LogP contribution in [0.15, 0.2) is 36.4 Å². The van der Waals surface area contributed by atoms with Crippen LogP contribution in [0, 0.1) is 0 Å². The molecule has 0 heterocycles. The van der Waals surface area contributed by atoms with Crippen LogP contribution in [-0.4, -0.2) is 68.1 Å². The van der Waals surface area contributed by atoms with E-state index in [4.69, 9.17) is 23.9 Å². The van der Waals surface area contributed by atoms with E-state index >= 15 is 0 Å². The number of hydrogen-bond acceptors (Lipinski definition) is 9. The van der Waals surface area contributed by atoms with E-state index in [9.17, 15) is 0 Å². The molecule has 1 aromatic rings. The SMILES string of the molecule is COO[Si](OCCCN(CC=Cc1ccccc1)CCN)(OOC)OOC.Cl. The predicted octanol–water partition coefficient (Wildman–Crippen LogP) is 1.96. The Kier molecular flexibility index (Phi) is 16.5. The molecule has 0 spiro atoms. The summed E-state index contributed by atoms with van der Waals surface area (Å²) in [6.07, 6.45) is 4.89. The second-order valence-corrected chi connectivity index (χ2v) is 7.14. The zero-order valence-electron chi connectivity index (χ0n) is 16.6. The van der Waals surface area contributed by atoms with Crippen LogP contribution in [0.25, 0.3) is 6.08 Å². The van der Waals surface area contributed by atoms with E-state index in [1.54, 1.807) is 0 Å². The molecule has 162 valence electrons. The molecule has 0 aliphatic rings. The smallest absolute Gasteiger partial charge is 0.347 e. The summed E-state index contributed by atoms with van der Waals surface area (Å²) in [5.41, 5.74) is 6.87. The van der Waals surface area contributed by atoms with Crippen molar-refractivity contribution >= 4 is 27.5 Å². The number of benzene rings is 1. The lowest BCUT2D eigenvalue weighted by Gasteiger charge is -2.24. The minimum Gasteiger partial charge on any atom is -0.347 e. The molecule has 0 bridgehead atoms. The van der Waals surface area contributed by atoms with Gasteiger partial charge in [-0.15, -0.1) is 12.4 Å². The van der Waals surface area contributed by atoms with Gasteiger partial charge in [-0.2, -0.15) is 13.7 Å². The van der Waals surface area contributed by atoms with Gasteiger partial charge < -0.3 is 10.2 Å². The molecule has 28 heavy (non-hydrogen) atoms. The monoisotopic (exact) mass is 438 g/mol. The summed E-state index contributed by atoms with van der Waals surface area (Å²) >= 11 is 0. The van der Waals surface area contributed by atoms with E-state index in [1.165, 1.54) is 21.3 Å². The van der Waals surface area contributed by atoms with Crippen molar-refractivity contribution in [3.05, 3.63) is 42.0 Å². The Morgan fingerprint density at radius 2 is 1.57 bits per heavy atom. The van der Waals surface area contributed by atoms with Gasteiger partial charge in [-0.05, 0) is 12.0 Å². The first-order valence-corrected chi connectivity index (χ1v) is 10.3. The molecule has 0 atom stereocenters. The molecule has 9 nitrogen and oxygen atoms in total. The molecule has 0 radical (unpaired) electrons. The standard InChI is InChI=1S/C17H30N2O7Si.ClH/c1-20-24-27(25-21-2,26-22-3)23-16-8-14-19(15-12-18)13-7-11-17-9-5-4-6-10-17;/h4-7,9-11H,8,12-16,18H2,1-3H3;1H. The van der Waals surface area contributed by atoms with Crippen molar-refractivity contribution in [3.63, 3.8) is 0 Å². The number of nitrogens with two attached hydrogens (primary N) is 1. The Bertz CT molecular complexity index is 497. The molecular formula is C17H31ClN2O7Si. The van der Waals surface area contributed by atoms with Crippen molar-refractivity contribution in [1.82, 2.24) is 4.90 Å². The first kappa shape index (κ1) is 27.1. The fourth-order valence-corrected chi connectivity index (χ4v) is 3.52. The summed E-state index contributed by atoms with van der Waals surface area (Å²) in [5.74, 6) is 0. The quantitative estimate of drug-likeness (QED) is 0.180. The lowest BCUT2D eigenvalue weighted by atomic mass is 10.2. The van der Waals surface area contributed by atoms with Gasteiger partial charge >= 0.3 is 9.05 Å². The summed E-state index contributed by atoms with van der Waals surface area (Å²) in [4.78, 5) is 16.1. The molecule has 11 heteroatoms. The molecule has 0 amide bonds. The van der Waals surface area contributed by atoms with Gasteiger partial charge in [0.1, 0.15) is 0 Å². The normalized spacial score (nSPS) is 11.9. The van der Waals surface area contributed by atoms with Crippen LogP contribution in [0.5, 0.6) is 0 Å². The van der Waals surface area contributed by atoms with Gasteiger partial charge in [0.05, 0.1) is 21.3 Å². The van der Waals surface area contributed by atoms with E-state index in [1.807, 2.05) is 18.2 Å². The highest BCUT2D eigenvalue weighted by molar-refractivity contribution is 6.52. The highest BCUT2D eigenvalue weighted by Crippen LogP contribution is 2.13. The van der Waals surface area contributed by atoms with Crippen molar-refractivity contribution in [2.24, 2.45) is 5.73 Å². The Morgan fingerprint density at radius 3 is 2.11 bits per heavy atom. The van der Waals surface area contributed by atoms with Gasteiger partial charge in [-0.1, -0.05) is 42.5 Å². The van der Waals surface area contributed by atoms with Crippen LogP contribution < -0.4 is 5.73 Å². The van der Waals surface area contributed by atoms with Gasteiger partial charge in [-0.3, -0.25) is 4.90 Å². The largest absolute Gasteiger partial charge is 0.764 e. The first-order valence-electron chi connectivity index (χ1n) is 8.63. The molecular weight excluding hydrogens is 408 g/mol. The second kappa shape index (κ2) is 17.0. The van der Waals surface area contributed by atoms with Gasteiger partial charge in [0.2, 0.25) is 0 Å². The number of nitrogens with zero attached hydrogens (tertiary/aromatic N) is 1. The number of halogens is 1. The fourth-order valence-electron chi connectivity index (χ4n) is 2.28. The maximum absolute atomic E-state index is 5.70. The Labute approximate surface area is 173 Å². The lowest BCUT2D eigenvalue weighted by Crippen LogP contribution is -2.49. The second-order valence-electron chi connectivity index (χ2n) is 5.35. The minimum absolute atomic E-state index is 0. The maximum atomic E-state index is 5.70. The first-order chi connectivity index (χ1) is 13.2. The zero-order chi connectivity index (χ0) is 19.8. The van der Waals surface area contributed by atoms with Crippen molar-refractivity contribution in [3.8, 4) is 0 Å². The molecule has 0 fully saturated rings. The van der Waals surface area contributed by atoms with Gasteiger partial charge in [0.15, 0.2) is 0 Å². The summed E-state index contributed by atoms with van der Waals surface area (Å²) in [6, 6.07) is 10.1. The number of hydrogen-bond donors (Lipinski definition) is 1. The summed E-state index contributed by atoms with van der Waals surface area (Å²) in [7, 11) is 0.253. The van der Waals surface area contributed by atoms with Crippen LogP contribution >= 0.6 is 12.4 Å². The van der Waals surface area contributed by atoms with E-state index in [-0.39, 0.29) is 12.4 Å². The van der Waals surface area contributed by atoms with Crippen molar-refractivity contribution in [2.75, 3.05) is 54.1 Å². The summed E-state index contributed by atoms with van der Waals surface area (Å²) in [5, 5.41) is 0. The third-order valence-electron chi connectivity index (χ3n) is 3.37. The van der Waals surface area contributed by atoms with Gasteiger partial charge in [-0.25, -0.2) is 14.7 Å². The van der Waals surface area contributed by atoms with Crippen molar-refractivity contribution in [2.45, 2.75) is 6.42 Å². The predicted molar refractivity (Wildman–Crippen MR) is 109 cm³/mol. The molecule has 2 N–H and O–H groups in total. The zero-order valence-corrected chi connectivity index (χ0v) is 18.4. The van der Waals surface area contributed by atoms with Crippen LogP contribution in [0.3, 0.4) is 0 Å². The van der Waals surface area contributed by atoms with Crippen molar-refractivity contribution in [1.29, 1.82) is 0 Å². The Balaban J connectivity index is 0.00000729. The summed E-state index contributed by atoms with van der Waals surface area (Å²) in [6.45, 7) is 3.20. The molecule has 1 rings (SSSR count). The van der Waals surface area contributed by atoms with Crippen LogP contribution in [0.1, 0.15) is 12.0 Å². The highest BCUT2D eigenvalue weighted by Gasteiger charge is 2.51.